The number of fused-ring (bicyclic) bond motifs is 1. The predicted octanol–water partition coefficient (Wildman–Crippen LogP) is 5.72. The molecule has 3 aromatic carbocycles. The average molecular weight is 434 g/mol. The van der Waals surface area contributed by atoms with Crippen LogP contribution in [0.3, 0.4) is 0 Å². The molecular formula is C24H20ClN3O3. The normalized spacial score (nSPS) is 12.3. The zero-order chi connectivity index (χ0) is 22.1. The molecule has 0 saturated heterocycles. The van der Waals surface area contributed by atoms with Crippen LogP contribution in [0.15, 0.2) is 76.7 Å². The first-order chi connectivity index (χ1) is 14.9. The summed E-state index contributed by atoms with van der Waals surface area (Å²) in [6.45, 7) is 3.85. The highest BCUT2D eigenvalue weighted by Crippen LogP contribution is 2.37. The quantitative estimate of drug-likeness (QED) is 0.407. The van der Waals surface area contributed by atoms with E-state index in [-0.39, 0.29) is 33.7 Å². The van der Waals surface area contributed by atoms with Crippen LogP contribution in [0.1, 0.15) is 42.8 Å². The van der Waals surface area contributed by atoms with E-state index in [9.17, 15) is 14.8 Å². The zero-order valence-electron chi connectivity index (χ0n) is 17.0. The van der Waals surface area contributed by atoms with Gasteiger partial charge in [0.25, 0.3) is 5.56 Å². The van der Waals surface area contributed by atoms with E-state index < -0.39 is 6.04 Å². The van der Waals surface area contributed by atoms with Crippen molar-refractivity contribution in [2.24, 2.45) is 5.18 Å². The van der Waals surface area contributed by atoms with Crippen molar-refractivity contribution in [2.45, 2.75) is 25.8 Å². The smallest absolute Gasteiger partial charge is 0.265 e. The fraction of sp³-hybridized carbons (Fsp3) is 0.167. The molecule has 6 nitrogen and oxygen atoms in total. The lowest BCUT2D eigenvalue weighted by atomic mass is 9.96. The summed E-state index contributed by atoms with van der Waals surface area (Å²) in [5.74, 6) is 0.263. The summed E-state index contributed by atoms with van der Waals surface area (Å²) in [6, 6.07) is 17.8. The Morgan fingerprint density at radius 1 is 1.00 bits per heavy atom. The standard InChI is InChI=1S/C24H20ClN3O3/c1-14(2)23-26-22-18(24(30)28(23)17-10-8-16(25)9-11-17)12-13-19(29)20(22)21(27-31)15-6-4-3-5-7-15/h3-14,21,29H,1-2H3. The Hall–Kier alpha value is -3.51. The highest BCUT2D eigenvalue weighted by molar-refractivity contribution is 6.30. The lowest BCUT2D eigenvalue weighted by molar-refractivity contribution is 0.466. The van der Waals surface area contributed by atoms with Crippen molar-refractivity contribution in [3.8, 4) is 11.4 Å². The van der Waals surface area contributed by atoms with Gasteiger partial charge in [0.1, 0.15) is 17.6 Å². The topological polar surface area (TPSA) is 84.6 Å². The van der Waals surface area contributed by atoms with Crippen molar-refractivity contribution >= 4 is 22.5 Å². The van der Waals surface area contributed by atoms with Crippen LogP contribution in [0.25, 0.3) is 16.6 Å². The summed E-state index contributed by atoms with van der Waals surface area (Å²) >= 11 is 6.01. The van der Waals surface area contributed by atoms with Gasteiger partial charge in [-0.25, -0.2) is 4.98 Å². The molecule has 0 spiro atoms. The molecule has 1 heterocycles. The molecule has 31 heavy (non-hydrogen) atoms. The number of phenolic OH excluding ortho intramolecular Hbond substituents is 1. The van der Waals surface area contributed by atoms with Gasteiger partial charge in [-0.1, -0.05) is 61.0 Å². The number of hydrogen-bond acceptors (Lipinski definition) is 5. The number of phenols is 1. The molecule has 4 aromatic rings. The maximum absolute atomic E-state index is 13.5. The van der Waals surface area contributed by atoms with E-state index in [0.29, 0.717) is 22.1 Å². The van der Waals surface area contributed by atoms with Gasteiger partial charge in [0.2, 0.25) is 0 Å². The molecule has 4 rings (SSSR count). The second-order valence-corrected chi connectivity index (χ2v) is 7.99. The minimum absolute atomic E-state index is 0.109. The molecule has 0 bridgehead atoms. The van der Waals surface area contributed by atoms with Crippen LogP contribution in [0.5, 0.6) is 5.75 Å². The fourth-order valence-corrected chi connectivity index (χ4v) is 3.82. The summed E-state index contributed by atoms with van der Waals surface area (Å²) in [6.07, 6.45) is 0. The van der Waals surface area contributed by atoms with E-state index >= 15 is 0 Å². The maximum Gasteiger partial charge on any atom is 0.265 e. The third kappa shape index (κ3) is 3.70. The van der Waals surface area contributed by atoms with Crippen LogP contribution in [-0.4, -0.2) is 14.7 Å². The van der Waals surface area contributed by atoms with Crippen LogP contribution in [-0.2, 0) is 0 Å². The molecule has 7 heteroatoms. The van der Waals surface area contributed by atoms with E-state index in [0.717, 1.165) is 0 Å². The Morgan fingerprint density at radius 2 is 1.68 bits per heavy atom. The molecule has 1 N–H and O–H groups in total. The van der Waals surface area contributed by atoms with Crippen LogP contribution >= 0.6 is 11.6 Å². The number of nitrogens with zero attached hydrogens (tertiary/aromatic N) is 3. The van der Waals surface area contributed by atoms with Crippen molar-refractivity contribution < 1.29 is 5.11 Å². The second-order valence-electron chi connectivity index (χ2n) is 7.55. The van der Waals surface area contributed by atoms with Gasteiger partial charge in [-0.2, -0.15) is 0 Å². The summed E-state index contributed by atoms with van der Waals surface area (Å²) < 4.78 is 1.54. The first-order valence-corrected chi connectivity index (χ1v) is 10.2. The first kappa shape index (κ1) is 20.8. The number of aromatic nitrogens is 2. The lowest BCUT2D eigenvalue weighted by Crippen LogP contribution is -2.25. The van der Waals surface area contributed by atoms with E-state index in [4.69, 9.17) is 16.6 Å². The molecule has 0 aliphatic carbocycles. The molecule has 1 atom stereocenters. The number of benzene rings is 3. The van der Waals surface area contributed by atoms with Gasteiger partial charge in [0.15, 0.2) is 0 Å². The highest BCUT2D eigenvalue weighted by atomic mass is 35.5. The zero-order valence-corrected chi connectivity index (χ0v) is 17.7. The molecule has 0 aliphatic heterocycles. The molecule has 0 saturated carbocycles. The van der Waals surface area contributed by atoms with Crippen LogP contribution in [0.4, 0.5) is 0 Å². The number of nitroso groups, excluding NO2 is 1. The molecular weight excluding hydrogens is 414 g/mol. The second kappa shape index (κ2) is 8.32. The summed E-state index contributed by atoms with van der Waals surface area (Å²) in [7, 11) is 0. The van der Waals surface area contributed by atoms with Gasteiger partial charge in [0, 0.05) is 10.9 Å². The van der Waals surface area contributed by atoms with Gasteiger partial charge < -0.3 is 5.11 Å². The van der Waals surface area contributed by atoms with Crippen LogP contribution < -0.4 is 5.56 Å². The average Bonchev–Trinajstić information content (AvgIpc) is 2.77. The maximum atomic E-state index is 13.5. The lowest BCUT2D eigenvalue weighted by Gasteiger charge is -2.19. The Labute approximate surface area is 183 Å². The third-order valence-electron chi connectivity index (χ3n) is 5.18. The molecule has 0 aliphatic rings. The largest absolute Gasteiger partial charge is 0.507 e. The van der Waals surface area contributed by atoms with Gasteiger partial charge in [0.05, 0.1) is 22.2 Å². The monoisotopic (exact) mass is 433 g/mol. The predicted molar refractivity (Wildman–Crippen MR) is 122 cm³/mol. The Kier molecular flexibility index (Phi) is 5.57. The summed E-state index contributed by atoms with van der Waals surface area (Å²) in [5, 5.41) is 14.8. The van der Waals surface area contributed by atoms with E-state index in [1.165, 1.54) is 16.7 Å². The van der Waals surface area contributed by atoms with Gasteiger partial charge >= 0.3 is 0 Å². The number of hydrogen-bond donors (Lipinski definition) is 1. The molecule has 0 fully saturated rings. The number of halogens is 1. The Bertz CT molecular complexity index is 1320. The minimum Gasteiger partial charge on any atom is -0.507 e. The van der Waals surface area contributed by atoms with Crippen molar-refractivity contribution in [1.82, 2.24) is 9.55 Å². The molecule has 0 amide bonds. The van der Waals surface area contributed by atoms with Crippen LogP contribution in [0.2, 0.25) is 5.02 Å². The highest BCUT2D eigenvalue weighted by Gasteiger charge is 2.25. The van der Waals surface area contributed by atoms with Crippen LogP contribution in [0, 0.1) is 4.91 Å². The summed E-state index contributed by atoms with van der Waals surface area (Å²) in [5.41, 5.74) is 1.44. The van der Waals surface area contributed by atoms with Crippen molar-refractivity contribution in [1.29, 1.82) is 0 Å². The van der Waals surface area contributed by atoms with E-state index in [2.05, 4.69) is 5.18 Å². The van der Waals surface area contributed by atoms with Crippen molar-refractivity contribution in [3.05, 3.63) is 104 Å². The Morgan fingerprint density at radius 3 is 2.29 bits per heavy atom. The van der Waals surface area contributed by atoms with Gasteiger partial charge in [-0.3, -0.25) is 9.36 Å². The number of rotatable bonds is 5. The molecule has 1 aromatic heterocycles. The molecule has 156 valence electrons. The SMILES string of the molecule is CC(C)c1nc2c(C(N=O)c3ccccc3)c(O)ccc2c(=O)n1-c1ccc(Cl)cc1. The number of aromatic hydroxyl groups is 1. The third-order valence-corrected chi connectivity index (χ3v) is 5.43. The van der Waals surface area contributed by atoms with Crippen molar-refractivity contribution in [3.63, 3.8) is 0 Å². The van der Waals surface area contributed by atoms with Gasteiger partial charge in [-0.15, -0.1) is 4.91 Å². The minimum atomic E-state index is -0.997. The van der Waals surface area contributed by atoms with E-state index in [1.807, 2.05) is 19.9 Å². The van der Waals surface area contributed by atoms with Crippen molar-refractivity contribution in [2.75, 3.05) is 0 Å². The Balaban J connectivity index is 2.07. The first-order valence-electron chi connectivity index (χ1n) is 9.84. The van der Waals surface area contributed by atoms with E-state index in [1.54, 1.807) is 48.5 Å². The van der Waals surface area contributed by atoms with Gasteiger partial charge in [-0.05, 0) is 42.0 Å². The molecule has 1 unspecified atom stereocenters. The summed E-state index contributed by atoms with van der Waals surface area (Å²) in [4.78, 5) is 30.2. The molecule has 0 radical (unpaired) electrons. The fourth-order valence-electron chi connectivity index (χ4n) is 3.69.